The fourth-order valence-corrected chi connectivity index (χ4v) is 3.87. The SMILES string of the molecule is COc1ccc(C)cc1NC(=O)C1CCN(Cc2ccc(Cl)cc2Cl)CC1. The number of likely N-dealkylation sites (tertiary alicyclic amines) is 1. The maximum absolute atomic E-state index is 12.7. The van der Waals surface area contributed by atoms with Gasteiger partial charge in [0, 0.05) is 22.5 Å². The standard InChI is InChI=1S/C21H24Cl2N2O2/c1-14-3-6-20(27-2)19(11-14)24-21(26)15-7-9-25(10-8-15)13-16-4-5-17(22)12-18(16)23/h3-6,11-12,15H,7-10,13H2,1-2H3,(H,24,26). The van der Waals surface area contributed by atoms with Gasteiger partial charge in [-0.15, -0.1) is 0 Å². The van der Waals surface area contributed by atoms with Gasteiger partial charge in [0.15, 0.2) is 0 Å². The largest absolute Gasteiger partial charge is 0.495 e. The minimum Gasteiger partial charge on any atom is -0.495 e. The highest BCUT2D eigenvalue weighted by molar-refractivity contribution is 6.35. The second-order valence-corrected chi connectivity index (χ2v) is 7.82. The Morgan fingerprint density at radius 2 is 1.93 bits per heavy atom. The molecule has 0 aliphatic carbocycles. The number of hydrogen-bond acceptors (Lipinski definition) is 3. The number of halogens is 2. The van der Waals surface area contributed by atoms with Crippen LogP contribution in [0.5, 0.6) is 5.75 Å². The highest BCUT2D eigenvalue weighted by Gasteiger charge is 2.26. The van der Waals surface area contributed by atoms with E-state index in [2.05, 4.69) is 10.2 Å². The Labute approximate surface area is 170 Å². The third-order valence-electron chi connectivity index (χ3n) is 4.98. The first kappa shape index (κ1) is 20.0. The van der Waals surface area contributed by atoms with Gasteiger partial charge in [-0.1, -0.05) is 35.3 Å². The summed E-state index contributed by atoms with van der Waals surface area (Å²) in [5.41, 5.74) is 2.88. The van der Waals surface area contributed by atoms with Crippen molar-refractivity contribution in [2.45, 2.75) is 26.3 Å². The lowest BCUT2D eigenvalue weighted by molar-refractivity contribution is -0.121. The fourth-order valence-electron chi connectivity index (χ4n) is 3.40. The predicted molar refractivity (Wildman–Crippen MR) is 111 cm³/mol. The zero-order valence-corrected chi connectivity index (χ0v) is 17.1. The molecule has 0 atom stereocenters. The molecule has 1 aliphatic rings. The van der Waals surface area contributed by atoms with E-state index in [4.69, 9.17) is 27.9 Å². The van der Waals surface area contributed by atoms with E-state index in [-0.39, 0.29) is 11.8 Å². The molecule has 0 radical (unpaired) electrons. The van der Waals surface area contributed by atoms with Crippen molar-refractivity contribution < 1.29 is 9.53 Å². The summed E-state index contributed by atoms with van der Waals surface area (Å²) in [5, 5.41) is 4.37. The molecule has 0 saturated carbocycles. The normalized spacial score (nSPS) is 15.6. The topological polar surface area (TPSA) is 41.6 Å². The summed E-state index contributed by atoms with van der Waals surface area (Å²) < 4.78 is 5.35. The van der Waals surface area contributed by atoms with Crippen LogP contribution in [0.25, 0.3) is 0 Å². The van der Waals surface area contributed by atoms with E-state index >= 15 is 0 Å². The molecule has 1 fully saturated rings. The average molecular weight is 407 g/mol. The number of carbonyl (C=O) groups is 1. The van der Waals surface area contributed by atoms with Crippen LogP contribution in [0.4, 0.5) is 5.69 Å². The van der Waals surface area contributed by atoms with Crippen molar-refractivity contribution in [1.29, 1.82) is 0 Å². The van der Waals surface area contributed by atoms with E-state index < -0.39 is 0 Å². The third-order valence-corrected chi connectivity index (χ3v) is 5.57. The first-order chi connectivity index (χ1) is 13.0. The molecule has 0 spiro atoms. The second-order valence-electron chi connectivity index (χ2n) is 6.98. The number of benzene rings is 2. The van der Waals surface area contributed by atoms with Crippen LogP contribution >= 0.6 is 23.2 Å². The van der Waals surface area contributed by atoms with Crippen LogP contribution in [-0.2, 0) is 11.3 Å². The van der Waals surface area contributed by atoms with Gasteiger partial charge in [-0.3, -0.25) is 9.69 Å². The highest BCUT2D eigenvalue weighted by Crippen LogP contribution is 2.28. The van der Waals surface area contributed by atoms with Crippen LogP contribution in [0, 0.1) is 12.8 Å². The van der Waals surface area contributed by atoms with Crippen molar-refractivity contribution >= 4 is 34.8 Å². The molecular weight excluding hydrogens is 383 g/mol. The van der Waals surface area contributed by atoms with Crippen LogP contribution in [0.2, 0.25) is 10.0 Å². The molecule has 1 heterocycles. The molecule has 144 valence electrons. The predicted octanol–water partition coefficient (Wildman–Crippen LogP) is 5.16. The maximum atomic E-state index is 12.7. The molecule has 27 heavy (non-hydrogen) atoms. The fraction of sp³-hybridized carbons (Fsp3) is 0.381. The van der Waals surface area contributed by atoms with Crippen molar-refractivity contribution in [1.82, 2.24) is 4.90 Å². The van der Waals surface area contributed by atoms with Crippen molar-refractivity contribution in [3.8, 4) is 5.75 Å². The number of methoxy groups -OCH3 is 1. The number of hydrogen-bond donors (Lipinski definition) is 1. The Morgan fingerprint density at radius 3 is 2.59 bits per heavy atom. The minimum absolute atomic E-state index is 0.00663. The van der Waals surface area contributed by atoms with Crippen LogP contribution in [-0.4, -0.2) is 31.0 Å². The number of nitrogens with zero attached hydrogens (tertiary/aromatic N) is 1. The van der Waals surface area contributed by atoms with Crippen LogP contribution in [0.15, 0.2) is 36.4 Å². The molecule has 4 nitrogen and oxygen atoms in total. The zero-order chi connectivity index (χ0) is 19.4. The number of amides is 1. The number of ether oxygens (including phenoxy) is 1. The molecule has 2 aromatic rings. The van der Waals surface area contributed by atoms with Gasteiger partial charge in [0.1, 0.15) is 5.75 Å². The van der Waals surface area contributed by atoms with Crippen molar-refractivity contribution in [3.63, 3.8) is 0 Å². The molecular formula is C21H24Cl2N2O2. The molecule has 0 bridgehead atoms. The monoisotopic (exact) mass is 406 g/mol. The summed E-state index contributed by atoms with van der Waals surface area (Å²) >= 11 is 12.2. The lowest BCUT2D eigenvalue weighted by Crippen LogP contribution is -2.37. The molecule has 3 rings (SSSR count). The Hall–Kier alpha value is -1.75. The zero-order valence-electron chi connectivity index (χ0n) is 15.6. The summed E-state index contributed by atoms with van der Waals surface area (Å²) in [4.78, 5) is 15.0. The molecule has 2 aromatic carbocycles. The van der Waals surface area contributed by atoms with E-state index in [1.165, 1.54) is 0 Å². The third kappa shape index (κ3) is 5.16. The average Bonchev–Trinajstić information content (AvgIpc) is 2.65. The highest BCUT2D eigenvalue weighted by atomic mass is 35.5. The molecule has 1 N–H and O–H groups in total. The van der Waals surface area contributed by atoms with E-state index in [9.17, 15) is 4.79 Å². The number of nitrogens with one attached hydrogen (secondary N) is 1. The van der Waals surface area contributed by atoms with Gasteiger partial charge < -0.3 is 10.1 Å². The Bertz CT molecular complexity index is 818. The van der Waals surface area contributed by atoms with Gasteiger partial charge >= 0.3 is 0 Å². The summed E-state index contributed by atoms with van der Waals surface area (Å²) in [7, 11) is 1.61. The van der Waals surface area contributed by atoms with E-state index in [1.54, 1.807) is 13.2 Å². The lowest BCUT2D eigenvalue weighted by atomic mass is 9.95. The van der Waals surface area contributed by atoms with Gasteiger partial charge in [0.05, 0.1) is 12.8 Å². The molecule has 1 saturated heterocycles. The van der Waals surface area contributed by atoms with Crippen molar-refractivity contribution in [2.24, 2.45) is 5.92 Å². The minimum atomic E-state index is 0.00663. The van der Waals surface area contributed by atoms with Crippen LogP contribution in [0.1, 0.15) is 24.0 Å². The molecule has 6 heteroatoms. The van der Waals surface area contributed by atoms with Gasteiger partial charge in [-0.25, -0.2) is 0 Å². The number of carbonyl (C=O) groups excluding carboxylic acids is 1. The lowest BCUT2D eigenvalue weighted by Gasteiger charge is -2.31. The summed E-state index contributed by atoms with van der Waals surface area (Å²) in [5.74, 6) is 0.749. The number of anilines is 1. The molecule has 0 unspecified atom stereocenters. The summed E-state index contributed by atoms with van der Waals surface area (Å²) in [6.07, 6.45) is 1.65. The Balaban J connectivity index is 1.56. The number of piperidine rings is 1. The van der Waals surface area contributed by atoms with E-state index in [1.807, 2.05) is 37.3 Å². The van der Waals surface area contributed by atoms with Gasteiger partial charge in [-0.05, 0) is 68.2 Å². The van der Waals surface area contributed by atoms with E-state index in [0.29, 0.717) is 15.8 Å². The molecule has 1 amide bonds. The number of rotatable bonds is 5. The first-order valence-electron chi connectivity index (χ1n) is 9.08. The van der Waals surface area contributed by atoms with Crippen molar-refractivity contribution in [3.05, 3.63) is 57.6 Å². The smallest absolute Gasteiger partial charge is 0.227 e. The van der Waals surface area contributed by atoms with Crippen molar-refractivity contribution in [2.75, 3.05) is 25.5 Å². The molecule has 1 aliphatic heterocycles. The van der Waals surface area contributed by atoms with Crippen LogP contribution in [0.3, 0.4) is 0 Å². The summed E-state index contributed by atoms with van der Waals surface area (Å²) in [6.45, 7) is 4.50. The van der Waals surface area contributed by atoms with E-state index in [0.717, 1.165) is 49.3 Å². The van der Waals surface area contributed by atoms with Gasteiger partial charge in [0.25, 0.3) is 0 Å². The van der Waals surface area contributed by atoms with Gasteiger partial charge in [-0.2, -0.15) is 0 Å². The summed E-state index contributed by atoms with van der Waals surface area (Å²) in [6, 6.07) is 11.4. The Kier molecular flexibility index (Phi) is 6.64. The quantitative estimate of drug-likeness (QED) is 0.745. The second kappa shape index (κ2) is 8.96. The molecule has 0 aromatic heterocycles. The van der Waals surface area contributed by atoms with Crippen LogP contribution < -0.4 is 10.1 Å². The maximum Gasteiger partial charge on any atom is 0.227 e. The Morgan fingerprint density at radius 1 is 1.19 bits per heavy atom. The first-order valence-corrected chi connectivity index (χ1v) is 9.83. The number of aryl methyl sites for hydroxylation is 1. The van der Waals surface area contributed by atoms with Gasteiger partial charge in [0.2, 0.25) is 5.91 Å².